The molecule has 2 rings (SSSR count). The zero-order chi connectivity index (χ0) is 16.2. The average Bonchev–Trinajstić information content (AvgIpc) is 2.43. The number of amides is 1. The first-order valence-electron chi connectivity index (χ1n) is 6.93. The van der Waals surface area contributed by atoms with Crippen molar-refractivity contribution in [1.29, 1.82) is 5.26 Å². The number of nitrogens with zero attached hydrogens (tertiary/aromatic N) is 4. The first kappa shape index (κ1) is 16.7. The zero-order valence-corrected chi connectivity index (χ0v) is 12.8. The van der Waals surface area contributed by atoms with Crippen LogP contribution >= 0.6 is 0 Å². The highest BCUT2D eigenvalue weighted by Gasteiger charge is 2.31. The van der Waals surface area contributed by atoms with E-state index in [-0.39, 0.29) is 17.6 Å². The minimum absolute atomic E-state index is 0.0422. The number of aromatic hydroxyl groups is 1. The van der Waals surface area contributed by atoms with E-state index in [0.29, 0.717) is 13.1 Å². The topological polar surface area (TPSA) is 99.2 Å². The summed E-state index contributed by atoms with van der Waals surface area (Å²) in [5, 5.41) is 18.6. The van der Waals surface area contributed by atoms with E-state index in [1.807, 2.05) is 13.8 Å². The van der Waals surface area contributed by atoms with Crippen LogP contribution in [-0.2, 0) is 6.54 Å². The molecule has 1 N–H and O–H groups in total. The number of carbonyl (C=O) groups excluding carboxylic acids is 1. The summed E-state index contributed by atoms with van der Waals surface area (Å²) < 4.78 is 1.29. The van der Waals surface area contributed by atoms with Crippen molar-refractivity contribution in [3.63, 3.8) is 0 Å². The maximum absolute atomic E-state index is 12.2. The van der Waals surface area contributed by atoms with Crippen LogP contribution in [0.1, 0.15) is 50.4 Å². The molecule has 21 heavy (non-hydrogen) atoms. The van der Waals surface area contributed by atoms with Gasteiger partial charge in [-0.25, -0.2) is 0 Å². The Morgan fingerprint density at radius 1 is 1.33 bits per heavy atom. The fourth-order valence-electron chi connectivity index (χ4n) is 2.00. The van der Waals surface area contributed by atoms with Crippen molar-refractivity contribution in [2.75, 3.05) is 6.54 Å². The van der Waals surface area contributed by atoms with E-state index in [4.69, 9.17) is 5.26 Å². The molecule has 0 aromatic carbocycles. The largest absolute Gasteiger partial charge is 0.501 e. The highest BCUT2D eigenvalue weighted by molar-refractivity contribution is 5.96. The molecule has 7 nitrogen and oxygen atoms in total. The van der Waals surface area contributed by atoms with Gasteiger partial charge in [0, 0.05) is 19.1 Å². The second-order valence-electron chi connectivity index (χ2n) is 5.00. The molecule has 7 heteroatoms. The van der Waals surface area contributed by atoms with E-state index in [0.717, 1.165) is 0 Å². The monoisotopic (exact) mass is 292 g/mol. The van der Waals surface area contributed by atoms with E-state index >= 15 is 0 Å². The van der Waals surface area contributed by atoms with E-state index in [2.05, 4.69) is 18.8 Å². The van der Waals surface area contributed by atoms with Gasteiger partial charge in [0.05, 0.1) is 0 Å². The summed E-state index contributed by atoms with van der Waals surface area (Å²) in [6, 6.07) is 1.72. The third-order valence-electron chi connectivity index (χ3n) is 2.91. The predicted molar refractivity (Wildman–Crippen MR) is 77.0 cm³/mol. The van der Waals surface area contributed by atoms with Crippen molar-refractivity contribution in [3.8, 4) is 11.8 Å². The minimum atomic E-state index is -0.947. The van der Waals surface area contributed by atoms with Crippen LogP contribution < -0.4 is 5.56 Å². The zero-order valence-electron chi connectivity index (χ0n) is 12.8. The first-order valence-corrected chi connectivity index (χ1v) is 6.93. The van der Waals surface area contributed by atoms with Gasteiger partial charge in [-0.1, -0.05) is 20.3 Å². The van der Waals surface area contributed by atoms with Crippen molar-refractivity contribution in [2.24, 2.45) is 0 Å². The lowest BCUT2D eigenvalue weighted by Gasteiger charge is -2.33. The Kier molecular flexibility index (Phi) is 5.47. The molecule has 1 aliphatic heterocycles. The summed E-state index contributed by atoms with van der Waals surface area (Å²) >= 11 is 0. The molecule has 0 bridgehead atoms. The van der Waals surface area contributed by atoms with Crippen LogP contribution in [0.15, 0.2) is 4.79 Å². The van der Waals surface area contributed by atoms with Crippen LogP contribution in [0.5, 0.6) is 5.75 Å². The van der Waals surface area contributed by atoms with Crippen LogP contribution in [0.2, 0.25) is 0 Å². The lowest BCUT2D eigenvalue weighted by molar-refractivity contribution is 0.0639. The molecular formula is C14H20N4O3. The van der Waals surface area contributed by atoms with E-state index in [1.165, 1.54) is 15.9 Å². The number of rotatable bonds is 1. The van der Waals surface area contributed by atoms with Crippen LogP contribution in [0, 0.1) is 11.3 Å². The molecule has 1 aromatic rings. The smallest absolute Gasteiger partial charge is 0.316 e. The summed E-state index contributed by atoms with van der Waals surface area (Å²) in [5.74, 6) is -1.29. The molecular weight excluding hydrogens is 272 g/mol. The van der Waals surface area contributed by atoms with Gasteiger partial charge in [0.2, 0.25) is 11.6 Å². The maximum Gasteiger partial charge on any atom is 0.316 e. The highest BCUT2D eigenvalue weighted by Crippen LogP contribution is 2.21. The molecule has 0 saturated heterocycles. The van der Waals surface area contributed by atoms with Gasteiger partial charge in [0.15, 0.2) is 5.69 Å². The van der Waals surface area contributed by atoms with Crippen LogP contribution in [0.3, 0.4) is 0 Å². The molecule has 2 heterocycles. The molecule has 0 spiro atoms. The average molecular weight is 292 g/mol. The van der Waals surface area contributed by atoms with Gasteiger partial charge in [-0.2, -0.15) is 10.2 Å². The van der Waals surface area contributed by atoms with Crippen LogP contribution in [-0.4, -0.2) is 38.1 Å². The van der Waals surface area contributed by atoms with Gasteiger partial charge in [-0.15, -0.1) is 0 Å². The number of fused-ring (bicyclic) bond motifs is 1. The van der Waals surface area contributed by atoms with Gasteiger partial charge >= 0.3 is 5.56 Å². The summed E-state index contributed by atoms with van der Waals surface area (Å²) in [6.07, 6.45) is 1.25. The Bertz CT molecular complexity index is 628. The van der Waals surface area contributed by atoms with Crippen molar-refractivity contribution in [1.82, 2.24) is 14.5 Å². The van der Waals surface area contributed by atoms with E-state index < -0.39 is 17.2 Å². The predicted octanol–water partition coefficient (Wildman–Crippen LogP) is 1.10. The highest BCUT2D eigenvalue weighted by atomic mass is 16.3. The molecule has 0 fully saturated rings. The van der Waals surface area contributed by atoms with Gasteiger partial charge in [0.25, 0.3) is 5.91 Å². The van der Waals surface area contributed by atoms with E-state index in [9.17, 15) is 14.7 Å². The maximum atomic E-state index is 12.2. The molecule has 0 aliphatic carbocycles. The number of hydrogen-bond donors (Lipinski definition) is 1. The Morgan fingerprint density at radius 3 is 2.38 bits per heavy atom. The van der Waals surface area contributed by atoms with Gasteiger partial charge in [-0.05, 0) is 13.8 Å². The molecule has 0 saturated carbocycles. The van der Waals surface area contributed by atoms with Crippen molar-refractivity contribution in [2.45, 2.75) is 46.7 Å². The molecule has 114 valence electrons. The fraction of sp³-hybridized carbons (Fsp3) is 0.571. The van der Waals surface area contributed by atoms with Gasteiger partial charge in [-0.3, -0.25) is 9.59 Å². The summed E-state index contributed by atoms with van der Waals surface area (Å²) in [6.45, 7) is 8.69. The third kappa shape index (κ3) is 3.21. The normalized spacial score (nSPS) is 13.3. The standard InChI is InChI=1S/C11H12N4O3.C3H8/c1-6(2)14-3-4-15-7(5-12)13-10(17)9(16)8(15)11(14)18;1-3-2/h6,16H,3-4H2,1-2H3;3H2,1-2H3. The van der Waals surface area contributed by atoms with E-state index in [1.54, 1.807) is 6.07 Å². The summed E-state index contributed by atoms with van der Waals surface area (Å²) in [7, 11) is 0. The number of nitriles is 1. The summed E-state index contributed by atoms with van der Waals surface area (Å²) in [4.78, 5) is 28.5. The molecule has 1 amide bonds. The van der Waals surface area contributed by atoms with Crippen molar-refractivity contribution < 1.29 is 9.90 Å². The van der Waals surface area contributed by atoms with Crippen molar-refractivity contribution in [3.05, 3.63) is 21.9 Å². The second kappa shape index (κ2) is 6.88. The number of aromatic nitrogens is 2. The van der Waals surface area contributed by atoms with Crippen LogP contribution in [0.4, 0.5) is 0 Å². The molecule has 0 radical (unpaired) electrons. The molecule has 1 aromatic heterocycles. The fourth-order valence-corrected chi connectivity index (χ4v) is 2.00. The Morgan fingerprint density at radius 2 is 1.90 bits per heavy atom. The SMILES string of the molecule is CC(C)N1CCn2c(C#N)nc(=O)c(O)c2C1=O.CCC. The number of hydrogen-bond acceptors (Lipinski definition) is 5. The Balaban J connectivity index is 0.000000677. The lowest BCUT2D eigenvalue weighted by Crippen LogP contribution is -2.46. The molecule has 0 atom stereocenters. The Labute approximate surface area is 123 Å². The van der Waals surface area contributed by atoms with Crippen LogP contribution in [0.25, 0.3) is 0 Å². The molecule has 0 unspecified atom stereocenters. The second-order valence-corrected chi connectivity index (χ2v) is 5.00. The first-order chi connectivity index (χ1) is 9.88. The van der Waals surface area contributed by atoms with Crippen molar-refractivity contribution >= 4 is 5.91 Å². The third-order valence-corrected chi connectivity index (χ3v) is 2.91. The van der Waals surface area contributed by atoms with Gasteiger partial charge < -0.3 is 14.6 Å². The summed E-state index contributed by atoms with van der Waals surface area (Å²) in [5.41, 5.74) is -1.09. The molecule has 1 aliphatic rings. The quantitative estimate of drug-likeness (QED) is 0.835. The minimum Gasteiger partial charge on any atom is -0.501 e. The van der Waals surface area contributed by atoms with Gasteiger partial charge in [0.1, 0.15) is 6.07 Å². The lowest BCUT2D eigenvalue weighted by atomic mass is 10.2. The number of carbonyl (C=O) groups is 1. The Hall–Kier alpha value is -2.36.